The summed E-state index contributed by atoms with van der Waals surface area (Å²) in [6, 6.07) is 0. The molecule has 0 aromatic rings. The number of ketones is 1. The van der Waals surface area contributed by atoms with Crippen molar-refractivity contribution in [3.63, 3.8) is 0 Å². The number of hydrogen-bond acceptors (Lipinski definition) is 1. The lowest BCUT2D eigenvalue weighted by molar-refractivity contribution is -0.116. The molecule has 0 N–H and O–H groups in total. The third kappa shape index (κ3) is 5.59. The van der Waals surface area contributed by atoms with Gasteiger partial charge in [0.1, 0.15) is 5.78 Å². The van der Waals surface area contributed by atoms with Gasteiger partial charge in [-0.3, -0.25) is 0 Å². The first-order valence-electron chi connectivity index (χ1n) is 3.98. The van der Waals surface area contributed by atoms with Crippen molar-refractivity contribution in [1.82, 2.24) is 0 Å². The van der Waals surface area contributed by atoms with Crippen LogP contribution in [0.5, 0.6) is 0 Å². The fraction of sp³-hybridized carbons (Fsp3) is 0.500. The molecule has 1 heteroatoms. The van der Waals surface area contributed by atoms with Gasteiger partial charge in [-0.1, -0.05) is 23.8 Å². The van der Waals surface area contributed by atoms with Crippen molar-refractivity contribution >= 4 is 5.78 Å². The van der Waals surface area contributed by atoms with Crippen LogP contribution in [0.4, 0.5) is 0 Å². The van der Waals surface area contributed by atoms with Crippen LogP contribution in [0.15, 0.2) is 23.8 Å². The van der Waals surface area contributed by atoms with Crippen molar-refractivity contribution in [2.24, 2.45) is 0 Å². The number of carbonyl (C=O) groups is 1. The average Bonchev–Trinajstić information content (AvgIpc) is 1.97. The average molecular weight is 152 g/mol. The summed E-state index contributed by atoms with van der Waals surface area (Å²) in [5, 5.41) is 0. The van der Waals surface area contributed by atoms with E-state index in [2.05, 4.69) is 0 Å². The van der Waals surface area contributed by atoms with Crippen molar-refractivity contribution in [3.05, 3.63) is 23.8 Å². The molecule has 0 aliphatic heterocycles. The van der Waals surface area contributed by atoms with Gasteiger partial charge in [0.05, 0.1) is 0 Å². The van der Waals surface area contributed by atoms with E-state index in [4.69, 9.17) is 0 Å². The molecule has 0 fully saturated rings. The Morgan fingerprint density at radius 2 is 1.91 bits per heavy atom. The van der Waals surface area contributed by atoms with Crippen LogP contribution < -0.4 is 0 Å². The molecule has 1 nitrogen and oxygen atoms in total. The van der Waals surface area contributed by atoms with Crippen molar-refractivity contribution in [2.75, 3.05) is 0 Å². The minimum Gasteiger partial charge on any atom is -0.300 e. The van der Waals surface area contributed by atoms with Crippen LogP contribution in [0.1, 0.15) is 33.6 Å². The van der Waals surface area contributed by atoms with Crippen LogP contribution in [0.2, 0.25) is 0 Å². The summed E-state index contributed by atoms with van der Waals surface area (Å²) in [5.74, 6) is 0.258. The minimum atomic E-state index is 0.258. The van der Waals surface area contributed by atoms with Crippen LogP contribution in [0.25, 0.3) is 0 Å². The second kappa shape index (κ2) is 5.90. The Bertz CT molecular complexity index is 175. The third-order valence-electron chi connectivity index (χ3n) is 1.52. The topological polar surface area (TPSA) is 17.1 Å². The Morgan fingerprint density at radius 3 is 2.27 bits per heavy atom. The number of rotatable bonds is 4. The molecule has 0 unspecified atom stereocenters. The van der Waals surface area contributed by atoms with Crippen molar-refractivity contribution in [2.45, 2.75) is 33.6 Å². The van der Waals surface area contributed by atoms with Crippen LogP contribution in [0.3, 0.4) is 0 Å². The van der Waals surface area contributed by atoms with E-state index >= 15 is 0 Å². The van der Waals surface area contributed by atoms with Crippen molar-refractivity contribution < 1.29 is 4.79 Å². The molecular weight excluding hydrogens is 136 g/mol. The smallest absolute Gasteiger partial charge is 0.130 e. The van der Waals surface area contributed by atoms with Crippen LogP contribution in [0, 0.1) is 0 Å². The Labute approximate surface area is 68.8 Å². The first-order chi connectivity index (χ1) is 5.20. The van der Waals surface area contributed by atoms with E-state index in [1.54, 1.807) is 6.92 Å². The van der Waals surface area contributed by atoms with Gasteiger partial charge in [0.2, 0.25) is 0 Å². The summed E-state index contributed by atoms with van der Waals surface area (Å²) in [5.41, 5.74) is 1.24. The zero-order valence-corrected chi connectivity index (χ0v) is 7.55. The predicted molar refractivity (Wildman–Crippen MR) is 48.5 cm³/mol. The van der Waals surface area contributed by atoms with Gasteiger partial charge in [-0.15, -0.1) is 0 Å². The number of carbonyl (C=O) groups excluding carboxylic acids is 1. The van der Waals surface area contributed by atoms with E-state index in [0.29, 0.717) is 6.42 Å². The van der Waals surface area contributed by atoms with E-state index < -0.39 is 0 Å². The second-order valence-electron chi connectivity index (χ2n) is 2.57. The lowest BCUT2D eigenvalue weighted by Gasteiger charge is -1.97. The molecule has 0 bridgehead atoms. The SMILES string of the molecule is CC=CC(=CC)CCC(C)=O. The highest BCUT2D eigenvalue weighted by atomic mass is 16.1. The third-order valence-corrected chi connectivity index (χ3v) is 1.52. The molecule has 0 heterocycles. The summed E-state index contributed by atoms with van der Waals surface area (Å²) in [7, 11) is 0. The first-order valence-corrected chi connectivity index (χ1v) is 3.98. The molecule has 0 atom stereocenters. The Balaban J connectivity index is 3.81. The maximum Gasteiger partial charge on any atom is 0.130 e. The van der Waals surface area contributed by atoms with E-state index in [-0.39, 0.29) is 5.78 Å². The maximum absolute atomic E-state index is 10.6. The summed E-state index contributed by atoms with van der Waals surface area (Å²) in [6.07, 6.45) is 7.61. The van der Waals surface area contributed by atoms with Crippen molar-refractivity contribution in [3.8, 4) is 0 Å². The van der Waals surface area contributed by atoms with Gasteiger partial charge in [0.15, 0.2) is 0 Å². The highest BCUT2D eigenvalue weighted by Crippen LogP contribution is 2.06. The quantitative estimate of drug-likeness (QED) is 0.566. The van der Waals surface area contributed by atoms with Crippen LogP contribution in [-0.2, 0) is 4.79 Å². The Hall–Kier alpha value is -0.850. The summed E-state index contributed by atoms with van der Waals surface area (Å²) in [6.45, 7) is 5.61. The van der Waals surface area contributed by atoms with Crippen molar-refractivity contribution in [1.29, 1.82) is 0 Å². The van der Waals surface area contributed by atoms with Gasteiger partial charge in [-0.25, -0.2) is 0 Å². The Morgan fingerprint density at radius 1 is 1.27 bits per heavy atom. The molecule has 0 amide bonds. The monoisotopic (exact) mass is 152 g/mol. The molecule has 62 valence electrons. The Kier molecular flexibility index (Phi) is 5.44. The lowest BCUT2D eigenvalue weighted by Crippen LogP contribution is -1.90. The molecule has 0 spiro atoms. The minimum absolute atomic E-state index is 0.258. The standard InChI is InChI=1S/C10H16O/c1-4-6-10(5-2)8-7-9(3)11/h4-6H,7-8H2,1-3H3. The number of hydrogen-bond donors (Lipinski definition) is 0. The van der Waals surface area contributed by atoms with Crippen LogP contribution in [-0.4, -0.2) is 5.78 Å². The van der Waals surface area contributed by atoms with E-state index in [1.165, 1.54) is 5.57 Å². The van der Waals surface area contributed by atoms with E-state index in [9.17, 15) is 4.79 Å². The largest absolute Gasteiger partial charge is 0.300 e. The molecule has 11 heavy (non-hydrogen) atoms. The predicted octanol–water partition coefficient (Wildman–Crippen LogP) is 2.88. The molecule has 0 aromatic heterocycles. The van der Waals surface area contributed by atoms with Gasteiger partial charge in [-0.05, 0) is 27.2 Å². The molecule has 0 aliphatic rings. The highest BCUT2D eigenvalue weighted by molar-refractivity contribution is 5.75. The van der Waals surface area contributed by atoms with Gasteiger partial charge in [0, 0.05) is 6.42 Å². The highest BCUT2D eigenvalue weighted by Gasteiger charge is 1.94. The van der Waals surface area contributed by atoms with Gasteiger partial charge in [0.25, 0.3) is 0 Å². The first kappa shape index (κ1) is 10.2. The normalized spacial score (nSPS) is 12.5. The number of Topliss-reactive ketones (excluding diaryl/α,β-unsaturated/α-hetero) is 1. The molecule has 0 radical (unpaired) electrons. The zero-order valence-electron chi connectivity index (χ0n) is 7.55. The molecule has 0 saturated carbocycles. The zero-order chi connectivity index (χ0) is 8.69. The van der Waals surface area contributed by atoms with Gasteiger partial charge < -0.3 is 4.79 Å². The fourth-order valence-corrected chi connectivity index (χ4v) is 0.858. The lowest BCUT2D eigenvalue weighted by atomic mass is 10.1. The molecular formula is C10H16O. The second-order valence-corrected chi connectivity index (χ2v) is 2.57. The summed E-state index contributed by atoms with van der Waals surface area (Å²) >= 11 is 0. The van der Waals surface area contributed by atoms with Gasteiger partial charge >= 0.3 is 0 Å². The molecule has 0 saturated heterocycles. The summed E-state index contributed by atoms with van der Waals surface area (Å²) < 4.78 is 0. The van der Waals surface area contributed by atoms with Gasteiger partial charge in [-0.2, -0.15) is 0 Å². The fourth-order valence-electron chi connectivity index (χ4n) is 0.858. The van der Waals surface area contributed by atoms with Crippen LogP contribution >= 0.6 is 0 Å². The maximum atomic E-state index is 10.6. The number of allylic oxidation sites excluding steroid dienone is 4. The van der Waals surface area contributed by atoms with E-state index in [0.717, 1.165) is 6.42 Å². The molecule has 0 aliphatic carbocycles. The molecule has 0 rings (SSSR count). The molecule has 0 aromatic carbocycles. The summed E-state index contributed by atoms with van der Waals surface area (Å²) in [4.78, 5) is 10.6. The van der Waals surface area contributed by atoms with E-state index in [1.807, 2.05) is 32.1 Å².